The normalized spacial score (nSPS) is 10.3. The lowest BCUT2D eigenvalue weighted by Gasteiger charge is -1.71. The predicted molar refractivity (Wildman–Crippen MR) is 36.8 cm³/mol. The van der Waals surface area contributed by atoms with E-state index >= 15 is 0 Å². The van der Waals surface area contributed by atoms with Crippen LogP contribution in [0.4, 0.5) is 0 Å². The lowest BCUT2D eigenvalue weighted by atomic mass is 10.6. The van der Waals surface area contributed by atoms with Crippen LogP contribution in [0.5, 0.6) is 0 Å². The standard InChI is InChI=1S/C4H8S2/c5-3-1-2-4-6/h1-2,5-6H,3-4H2. The van der Waals surface area contributed by atoms with Gasteiger partial charge in [0.2, 0.25) is 0 Å². The number of thiol groups is 2. The minimum absolute atomic E-state index is 0.820. The molecule has 0 amide bonds. The molecule has 6 heavy (non-hydrogen) atoms. The van der Waals surface area contributed by atoms with Gasteiger partial charge in [0.1, 0.15) is 0 Å². The Labute approximate surface area is 49.5 Å². The zero-order chi connectivity index (χ0) is 4.83. The smallest absolute Gasteiger partial charge is 0.00828 e. The van der Waals surface area contributed by atoms with Gasteiger partial charge in [0.25, 0.3) is 0 Å². The molecule has 0 aliphatic rings. The quantitative estimate of drug-likeness (QED) is 0.399. The fraction of sp³-hybridized carbons (Fsp3) is 0.500. The molecule has 0 aromatic carbocycles. The molecule has 0 atom stereocenters. The minimum atomic E-state index is 0.820. The first-order chi connectivity index (χ1) is 2.91. The third-order valence-electron chi connectivity index (χ3n) is 0.377. The van der Waals surface area contributed by atoms with E-state index in [-0.39, 0.29) is 0 Å². The molecular formula is C4H8S2. The zero-order valence-corrected chi connectivity index (χ0v) is 5.25. The first-order valence-electron chi connectivity index (χ1n) is 1.78. The van der Waals surface area contributed by atoms with Gasteiger partial charge in [0.15, 0.2) is 0 Å². The Morgan fingerprint density at radius 1 is 1.00 bits per heavy atom. The fourth-order valence-corrected chi connectivity index (χ4v) is 0.447. The summed E-state index contributed by atoms with van der Waals surface area (Å²) in [4.78, 5) is 0. The summed E-state index contributed by atoms with van der Waals surface area (Å²) in [5.74, 6) is 1.64. The zero-order valence-electron chi connectivity index (χ0n) is 3.46. The van der Waals surface area contributed by atoms with Gasteiger partial charge in [0.05, 0.1) is 0 Å². The van der Waals surface area contributed by atoms with Crippen molar-refractivity contribution in [1.29, 1.82) is 0 Å². The van der Waals surface area contributed by atoms with Gasteiger partial charge < -0.3 is 0 Å². The van der Waals surface area contributed by atoms with E-state index in [1.54, 1.807) is 0 Å². The summed E-state index contributed by atoms with van der Waals surface area (Å²) in [6, 6.07) is 0. The maximum Gasteiger partial charge on any atom is 0.00828 e. The van der Waals surface area contributed by atoms with Crippen molar-refractivity contribution in [3.63, 3.8) is 0 Å². The van der Waals surface area contributed by atoms with Crippen molar-refractivity contribution in [1.82, 2.24) is 0 Å². The van der Waals surface area contributed by atoms with Crippen molar-refractivity contribution in [2.45, 2.75) is 0 Å². The second kappa shape index (κ2) is 5.44. The summed E-state index contributed by atoms with van der Waals surface area (Å²) in [5, 5.41) is 0. The molecule has 0 aliphatic carbocycles. The lowest BCUT2D eigenvalue weighted by molar-refractivity contribution is 1.69. The van der Waals surface area contributed by atoms with Gasteiger partial charge in [-0.15, -0.1) is 0 Å². The molecule has 0 fully saturated rings. The first-order valence-corrected chi connectivity index (χ1v) is 3.05. The second-order valence-corrected chi connectivity index (χ2v) is 1.57. The highest BCUT2D eigenvalue weighted by Crippen LogP contribution is 1.78. The van der Waals surface area contributed by atoms with E-state index in [1.807, 2.05) is 12.2 Å². The van der Waals surface area contributed by atoms with Crippen LogP contribution in [0.3, 0.4) is 0 Å². The molecule has 0 aromatic rings. The van der Waals surface area contributed by atoms with E-state index < -0.39 is 0 Å². The van der Waals surface area contributed by atoms with Gasteiger partial charge in [-0.3, -0.25) is 0 Å². The molecule has 0 N–H and O–H groups in total. The maximum absolute atomic E-state index is 3.93. The fourth-order valence-electron chi connectivity index (χ4n) is 0.149. The number of rotatable bonds is 2. The van der Waals surface area contributed by atoms with Crippen LogP contribution in [0.25, 0.3) is 0 Å². The molecule has 0 bridgehead atoms. The second-order valence-electron chi connectivity index (χ2n) is 0.837. The minimum Gasteiger partial charge on any atom is -0.175 e. The molecule has 0 saturated heterocycles. The Bertz CT molecular complexity index is 34.8. The Morgan fingerprint density at radius 3 is 1.50 bits per heavy atom. The van der Waals surface area contributed by atoms with Crippen LogP contribution in [0.15, 0.2) is 12.2 Å². The largest absolute Gasteiger partial charge is 0.175 e. The lowest BCUT2D eigenvalue weighted by Crippen LogP contribution is -1.60. The summed E-state index contributed by atoms with van der Waals surface area (Å²) in [5.41, 5.74) is 0. The van der Waals surface area contributed by atoms with Crippen molar-refractivity contribution in [3.8, 4) is 0 Å². The van der Waals surface area contributed by atoms with Gasteiger partial charge >= 0.3 is 0 Å². The van der Waals surface area contributed by atoms with Crippen LogP contribution >= 0.6 is 25.3 Å². The number of hydrogen-bond acceptors (Lipinski definition) is 2. The molecule has 2 heteroatoms. The number of hydrogen-bond donors (Lipinski definition) is 2. The highest BCUT2D eigenvalue weighted by Gasteiger charge is 1.60. The molecule has 0 aromatic heterocycles. The van der Waals surface area contributed by atoms with Crippen LogP contribution in [0.2, 0.25) is 0 Å². The SMILES string of the molecule is SCC=CCS. The van der Waals surface area contributed by atoms with Gasteiger partial charge in [0, 0.05) is 11.5 Å². The Balaban J connectivity index is 2.73. The van der Waals surface area contributed by atoms with E-state index in [0.717, 1.165) is 11.5 Å². The van der Waals surface area contributed by atoms with Crippen molar-refractivity contribution in [2.75, 3.05) is 11.5 Å². The molecule has 0 radical (unpaired) electrons. The van der Waals surface area contributed by atoms with Crippen molar-refractivity contribution in [3.05, 3.63) is 12.2 Å². The van der Waals surface area contributed by atoms with Gasteiger partial charge in [-0.25, -0.2) is 0 Å². The molecule has 0 spiro atoms. The topological polar surface area (TPSA) is 0 Å². The van der Waals surface area contributed by atoms with E-state index in [1.165, 1.54) is 0 Å². The summed E-state index contributed by atoms with van der Waals surface area (Å²) < 4.78 is 0. The third-order valence-corrected chi connectivity index (χ3v) is 0.799. The van der Waals surface area contributed by atoms with Crippen LogP contribution in [0, 0.1) is 0 Å². The van der Waals surface area contributed by atoms with Crippen molar-refractivity contribution < 1.29 is 0 Å². The van der Waals surface area contributed by atoms with Gasteiger partial charge in [-0.05, 0) is 0 Å². The van der Waals surface area contributed by atoms with Crippen LogP contribution in [-0.4, -0.2) is 11.5 Å². The molecular weight excluding hydrogens is 112 g/mol. The highest BCUT2D eigenvalue weighted by atomic mass is 32.1. The predicted octanol–water partition coefficient (Wildman–Crippen LogP) is 1.40. The Hall–Kier alpha value is 0.440. The molecule has 0 unspecified atom stereocenters. The average Bonchev–Trinajstić information content (AvgIpc) is 1.61. The molecule has 0 aliphatic heterocycles. The van der Waals surface area contributed by atoms with E-state index in [0.29, 0.717) is 0 Å². The van der Waals surface area contributed by atoms with E-state index in [9.17, 15) is 0 Å². The highest BCUT2D eigenvalue weighted by molar-refractivity contribution is 7.80. The van der Waals surface area contributed by atoms with Crippen molar-refractivity contribution in [2.24, 2.45) is 0 Å². The monoisotopic (exact) mass is 120 g/mol. The Morgan fingerprint density at radius 2 is 1.33 bits per heavy atom. The maximum atomic E-state index is 3.93. The van der Waals surface area contributed by atoms with Crippen LogP contribution in [0.1, 0.15) is 0 Å². The molecule has 0 rings (SSSR count). The average molecular weight is 120 g/mol. The van der Waals surface area contributed by atoms with E-state index in [4.69, 9.17) is 0 Å². The summed E-state index contributed by atoms with van der Waals surface area (Å²) in [7, 11) is 0. The van der Waals surface area contributed by atoms with Crippen LogP contribution < -0.4 is 0 Å². The third kappa shape index (κ3) is 4.44. The van der Waals surface area contributed by atoms with E-state index in [2.05, 4.69) is 25.3 Å². The summed E-state index contributed by atoms with van der Waals surface area (Å²) in [6.07, 6.45) is 3.94. The molecule has 0 saturated carbocycles. The molecule has 36 valence electrons. The summed E-state index contributed by atoms with van der Waals surface area (Å²) >= 11 is 7.87. The van der Waals surface area contributed by atoms with Gasteiger partial charge in [-0.2, -0.15) is 25.3 Å². The summed E-state index contributed by atoms with van der Waals surface area (Å²) in [6.45, 7) is 0. The van der Waals surface area contributed by atoms with Gasteiger partial charge in [-0.1, -0.05) is 12.2 Å². The first kappa shape index (κ1) is 6.44. The molecule has 0 heterocycles. The molecule has 0 nitrogen and oxygen atoms in total. The van der Waals surface area contributed by atoms with Crippen LogP contribution in [-0.2, 0) is 0 Å². The van der Waals surface area contributed by atoms with Crippen molar-refractivity contribution >= 4 is 25.3 Å². The Kier molecular flexibility index (Phi) is 5.84.